The minimum Gasteiger partial charge on any atom is -0.507 e. The number of hydrogen-bond acceptors (Lipinski definition) is 9. The summed E-state index contributed by atoms with van der Waals surface area (Å²) in [6.45, 7) is 4.46. The van der Waals surface area contributed by atoms with Crippen LogP contribution in [0.4, 0.5) is 11.4 Å². The van der Waals surface area contributed by atoms with Gasteiger partial charge in [-0.2, -0.15) is 0 Å². The molecular weight excluding hydrogens is 436 g/mol. The predicted molar refractivity (Wildman–Crippen MR) is 132 cm³/mol. The number of benzene rings is 2. The van der Waals surface area contributed by atoms with Gasteiger partial charge in [0.2, 0.25) is 0 Å². The molecule has 0 amide bonds. The maximum absolute atomic E-state index is 13.6. The third-order valence-corrected chi connectivity index (χ3v) is 5.53. The summed E-state index contributed by atoms with van der Waals surface area (Å²) in [5.74, 6) is -0.916. The Morgan fingerprint density at radius 3 is 2.06 bits per heavy atom. The van der Waals surface area contributed by atoms with Crippen LogP contribution in [0.1, 0.15) is 43.8 Å². The number of hydrogen-bond donors (Lipinski definition) is 7. The first kappa shape index (κ1) is 25.2. The van der Waals surface area contributed by atoms with Crippen molar-refractivity contribution >= 4 is 22.9 Å². The van der Waals surface area contributed by atoms with Crippen molar-refractivity contribution in [2.45, 2.75) is 13.3 Å². The summed E-state index contributed by atoms with van der Waals surface area (Å²) in [7, 11) is 0. The Hall–Kier alpha value is -3.40. The maximum Gasteiger partial charge on any atom is 0.200 e. The van der Waals surface area contributed by atoms with Crippen LogP contribution in [0, 0.1) is 6.92 Å². The van der Waals surface area contributed by atoms with Crippen molar-refractivity contribution in [3.05, 3.63) is 64.4 Å². The fourth-order valence-electron chi connectivity index (χ4n) is 3.92. The molecule has 0 bridgehead atoms. The normalized spacial score (nSPS) is 12.6. The van der Waals surface area contributed by atoms with E-state index in [0.29, 0.717) is 56.1 Å². The number of carbonyl (C=O) groups excluding carboxylic acids is 2. The van der Waals surface area contributed by atoms with Crippen molar-refractivity contribution in [2.24, 2.45) is 0 Å². The van der Waals surface area contributed by atoms with Crippen LogP contribution in [-0.4, -0.2) is 72.8 Å². The molecule has 2 aromatic carbocycles. The van der Waals surface area contributed by atoms with Crippen LogP contribution in [0.2, 0.25) is 0 Å². The zero-order chi connectivity index (χ0) is 24.5. The highest BCUT2D eigenvalue weighted by atomic mass is 16.3. The largest absolute Gasteiger partial charge is 0.507 e. The molecule has 0 saturated carbocycles. The number of aryl methyl sites for hydroxylation is 1. The van der Waals surface area contributed by atoms with Gasteiger partial charge >= 0.3 is 0 Å². The molecule has 182 valence electrons. The molecule has 9 nitrogen and oxygen atoms in total. The number of ketones is 2. The van der Waals surface area contributed by atoms with Gasteiger partial charge in [-0.1, -0.05) is 12.1 Å². The van der Waals surface area contributed by atoms with Crippen LogP contribution in [0.15, 0.2) is 36.5 Å². The molecule has 0 radical (unpaired) electrons. The summed E-state index contributed by atoms with van der Waals surface area (Å²) < 4.78 is 0. The van der Waals surface area contributed by atoms with Crippen molar-refractivity contribution in [1.82, 2.24) is 10.6 Å². The topological polar surface area (TPSA) is 143 Å². The average Bonchev–Trinajstić information content (AvgIpc) is 2.83. The molecule has 9 heteroatoms. The SMILES string of the molecule is Cc1ccc(O)c2c1C(=O)c1c(NCCN/C=C/CCO)ccc(NCCNCCO)c1C2=O. The van der Waals surface area contributed by atoms with E-state index in [-0.39, 0.29) is 47.0 Å². The highest BCUT2D eigenvalue weighted by Gasteiger charge is 2.36. The lowest BCUT2D eigenvalue weighted by Crippen LogP contribution is -2.28. The van der Waals surface area contributed by atoms with Crippen LogP contribution >= 0.6 is 0 Å². The zero-order valence-corrected chi connectivity index (χ0v) is 19.3. The number of anilines is 2. The molecule has 0 atom stereocenters. The van der Waals surface area contributed by atoms with E-state index in [9.17, 15) is 14.7 Å². The van der Waals surface area contributed by atoms with Crippen LogP contribution in [0.25, 0.3) is 0 Å². The molecule has 34 heavy (non-hydrogen) atoms. The summed E-state index contributed by atoms with van der Waals surface area (Å²) in [6, 6.07) is 6.60. The van der Waals surface area contributed by atoms with Crippen molar-refractivity contribution in [1.29, 1.82) is 0 Å². The highest BCUT2D eigenvalue weighted by Crippen LogP contribution is 2.40. The lowest BCUT2D eigenvalue weighted by atomic mass is 9.80. The van der Waals surface area contributed by atoms with E-state index in [1.165, 1.54) is 6.07 Å². The summed E-state index contributed by atoms with van der Waals surface area (Å²) in [5.41, 5.74) is 2.48. The number of rotatable bonds is 13. The van der Waals surface area contributed by atoms with E-state index in [1.807, 2.05) is 6.08 Å². The second kappa shape index (κ2) is 12.2. The van der Waals surface area contributed by atoms with Gasteiger partial charge in [-0.25, -0.2) is 0 Å². The minimum absolute atomic E-state index is 0.0320. The molecule has 3 rings (SSSR count). The predicted octanol–water partition coefficient (Wildman–Crippen LogP) is 1.37. The lowest BCUT2D eigenvalue weighted by Gasteiger charge is -2.25. The first-order chi connectivity index (χ1) is 16.5. The molecule has 1 aliphatic carbocycles. The summed E-state index contributed by atoms with van der Waals surface area (Å²) in [6.07, 6.45) is 4.16. The first-order valence-corrected chi connectivity index (χ1v) is 11.4. The maximum atomic E-state index is 13.6. The Balaban J connectivity index is 1.90. The Morgan fingerprint density at radius 1 is 0.765 bits per heavy atom. The van der Waals surface area contributed by atoms with Crippen LogP contribution in [0.3, 0.4) is 0 Å². The second-order valence-corrected chi connectivity index (χ2v) is 7.92. The molecule has 0 unspecified atom stereocenters. The molecule has 2 aromatic rings. The lowest BCUT2D eigenvalue weighted by molar-refractivity contribution is 0.0977. The van der Waals surface area contributed by atoms with Crippen LogP contribution in [-0.2, 0) is 0 Å². The quantitative estimate of drug-likeness (QED) is 0.185. The molecule has 1 aliphatic rings. The summed E-state index contributed by atoms with van der Waals surface area (Å²) in [4.78, 5) is 27.1. The van der Waals surface area contributed by atoms with Gasteiger partial charge in [-0.3, -0.25) is 9.59 Å². The van der Waals surface area contributed by atoms with Crippen molar-refractivity contribution in [3.63, 3.8) is 0 Å². The van der Waals surface area contributed by atoms with E-state index in [0.717, 1.165) is 0 Å². The van der Waals surface area contributed by atoms with Gasteiger partial charge in [0, 0.05) is 56.3 Å². The number of aromatic hydroxyl groups is 1. The van der Waals surface area contributed by atoms with E-state index in [4.69, 9.17) is 10.2 Å². The van der Waals surface area contributed by atoms with Gasteiger partial charge in [-0.15, -0.1) is 0 Å². The van der Waals surface area contributed by atoms with Crippen molar-refractivity contribution in [3.8, 4) is 5.75 Å². The third-order valence-electron chi connectivity index (χ3n) is 5.53. The molecule has 0 spiro atoms. The number of fused-ring (bicyclic) bond motifs is 2. The number of aliphatic hydroxyl groups excluding tert-OH is 2. The number of carbonyl (C=O) groups is 2. The Kier molecular flexibility index (Phi) is 9.03. The Bertz CT molecular complexity index is 1070. The van der Waals surface area contributed by atoms with E-state index in [2.05, 4.69) is 21.3 Å². The third kappa shape index (κ3) is 5.56. The highest BCUT2D eigenvalue weighted by molar-refractivity contribution is 6.33. The molecule has 0 aliphatic heterocycles. The molecule has 0 heterocycles. The first-order valence-electron chi connectivity index (χ1n) is 11.4. The van der Waals surface area contributed by atoms with E-state index < -0.39 is 5.78 Å². The van der Waals surface area contributed by atoms with Crippen LogP contribution < -0.4 is 21.3 Å². The monoisotopic (exact) mass is 468 g/mol. The van der Waals surface area contributed by atoms with Gasteiger partial charge in [0.05, 0.1) is 23.3 Å². The van der Waals surface area contributed by atoms with Gasteiger partial charge in [0.1, 0.15) is 5.75 Å². The van der Waals surface area contributed by atoms with Gasteiger partial charge in [0.25, 0.3) is 0 Å². The molecular formula is C25H32N4O5. The Morgan fingerprint density at radius 2 is 1.41 bits per heavy atom. The number of nitrogens with one attached hydrogen (secondary N) is 4. The number of aliphatic hydroxyl groups is 2. The van der Waals surface area contributed by atoms with E-state index >= 15 is 0 Å². The number of phenolic OH excluding ortho intramolecular Hbond substituents is 1. The van der Waals surface area contributed by atoms with Crippen molar-refractivity contribution < 1.29 is 24.9 Å². The van der Waals surface area contributed by atoms with E-state index in [1.54, 1.807) is 31.3 Å². The summed E-state index contributed by atoms with van der Waals surface area (Å²) in [5, 5.41) is 40.7. The molecule has 0 fully saturated rings. The van der Waals surface area contributed by atoms with Gasteiger partial charge in [-0.05, 0) is 43.3 Å². The van der Waals surface area contributed by atoms with Gasteiger partial charge in [0.15, 0.2) is 11.6 Å². The Labute approximate surface area is 198 Å². The summed E-state index contributed by atoms with van der Waals surface area (Å²) >= 11 is 0. The average molecular weight is 469 g/mol. The fourth-order valence-corrected chi connectivity index (χ4v) is 3.92. The molecule has 7 N–H and O–H groups in total. The van der Waals surface area contributed by atoms with Crippen LogP contribution in [0.5, 0.6) is 5.75 Å². The molecule has 0 saturated heterocycles. The van der Waals surface area contributed by atoms with Gasteiger partial charge < -0.3 is 36.6 Å². The molecule has 0 aromatic heterocycles. The fraction of sp³-hybridized carbons (Fsp3) is 0.360. The standard InChI is InChI=1S/C25H32N4O5/c1-16-4-7-19(32)23-20(16)24(33)21-17(28-11-9-26-8-2-3-14-30)5-6-18(22(21)25(23)34)29-12-10-27-13-15-31/h2,4-8,26-32H,3,9-15H2,1H3/b8-2+. The van der Waals surface area contributed by atoms with Crippen molar-refractivity contribution in [2.75, 3.05) is 56.6 Å². The minimum atomic E-state index is -0.398. The second-order valence-electron chi connectivity index (χ2n) is 7.92. The zero-order valence-electron chi connectivity index (χ0n) is 19.3. The smallest absolute Gasteiger partial charge is 0.200 e. The number of phenols is 1.